The zero-order valence-corrected chi connectivity index (χ0v) is 21.3. The van der Waals surface area contributed by atoms with Crippen molar-refractivity contribution in [1.29, 1.82) is 0 Å². The van der Waals surface area contributed by atoms with E-state index in [1.54, 1.807) is 6.20 Å². The summed E-state index contributed by atoms with van der Waals surface area (Å²) in [6.07, 6.45) is 6.05. The van der Waals surface area contributed by atoms with E-state index in [-0.39, 0.29) is 0 Å². The summed E-state index contributed by atoms with van der Waals surface area (Å²) in [5.74, 6) is 2.65. The predicted octanol–water partition coefficient (Wildman–Crippen LogP) is 3.81. The molecule has 6 rings (SSSR count). The molecule has 0 amide bonds. The molecule has 0 saturated carbocycles. The molecule has 5 heterocycles. The Hall–Kier alpha value is -3.69. The molecule has 192 valence electrons. The zero-order valence-electron chi connectivity index (χ0n) is 21.3. The lowest BCUT2D eigenvalue weighted by Gasteiger charge is -2.26. The third-order valence-corrected chi connectivity index (χ3v) is 7.22. The quantitative estimate of drug-likeness (QED) is 0.380. The topological polar surface area (TPSA) is 82.9 Å². The van der Waals surface area contributed by atoms with Crippen LogP contribution in [0.25, 0.3) is 16.9 Å². The minimum absolute atomic E-state index is 0.514. The largest absolute Gasteiger partial charge is 0.492 e. The van der Waals surface area contributed by atoms with Gasteiger partial charge in [-0.25, -0.2) is 14.5 Å². The van der Waals surface area contributed by atoms with Gasteiger partial charge in [0.2, 0.25) is 0 Å². The van der Waals surface area contributed by atoms with Crippen molar-refractivity contribution in [2.45, 2.75) is 25.8 Å². The lowest BCUT2D eigenvalue weighted by molar-refractivity contribution is 0.191. The summed E-state index contributed by atoms with van der Waals surface area (Å²) in [6, 6.07) is 16.8. The monoisotopic (exact) mass is 498 g/mol. The molecule has 0 aliphatic carbocycles. The molecule has 1 aromatic carbocycles. The first-order chi connectivity index (χ1) is 18.2. The highest BCUT2D eigenvalue weighted by Gasteiger charge is 2.21. The highest BCUT2D eigenvalue weighted by molar-refractivity contribution is 5.77. The molecule has 4 aromatic rings. The number of hydrogen-bond acceptors (Lipinski definition) is 8. The average Bonchev–Trinajstić information content (AvgIpc) is 3.59. The first-order valence-electron chi connectivity index (χ1n) is 13.2. The molecule has 2 aliphatic heterocycles. The van der Waals surface area contributed by atoms with Crippen LogP contribution in [0.15, 0.2) is 60.9 Å². The van der Waals surface area contributed by atoms with Crippen LogP contribution in [0.4, 0.5) is 17.3 Å². The highest BCUT2D eigenvalue weighted by atomic mass is 16.5. The lowest BCUT2D eigenvalue weighted by atomic mass is 10.1. The van der Waals surface area contributed by atoms with Gasteiger partial charge in [-0.15, -0.1) is 0 Å². The molecule has 2 N–H and O–H groups in total. The van der Waals surface area contributed by atoms with Crippen molar-refractivity contribution in [2.24, 2.45) is 0 Å². The SMILES string of the molecule is CC1CCCN1c1cccc(Nc2cc(-c3cccc(OCCN4CCNCC4)c3)nn3ccnc23)n1. The van der Waals surface area contributed by atoms with E-state index in [1.807, 2.05) is 35.0 Å². The van der Waals surface area contributed by atoms with Crippen LogP contribution >= 0.6 is 0 Å². The molecule has 3 aromatic heterocycles. The third-order valence-electron chi connectivity index (χ3n) is 7.22. The van der Waals surface area contributed by atoms with Gasteiger partial charge in [-0.05, 0) is 50.1 Å². The van der Waals surface area contributed by atoms with E-state index in [9.17, 15) is 0 Å². The van der Waals surface area contributed by atoms with Crippen LogP contribution in [0, 0.1) is 0 Å². The molecule has 2 aliphatic rings. The summed E-state index contributed by atoms with van der Waals surface area (Å²) in [7, 11) is 0. The number of piperazine rings is 1. The number of aromatic nitrogens is 4. The van der Waals surface area contributed by atoms with E-state index in [0.717, 1.165) is 79.2 Å². The molecule has 0 spiro atoms. The summed E-state index contributed by atoms with van der Waals surface area (Å²) >= 11 is 0. The van der Waals surface area contributed by atoms with Gasteiger partial charge in [0.25, 0.3) is 0 Å². The second-order valence-corrected chi connectivity index (χ2v) is 9.80. The van der Waals surface area contributed by atoms with Gasteiger partial charge >= 0.3 is 0 Å². The van der Waals surface area contributed by atoms with Crippen LogP contribution < -0.4 is 20.3 Å². The van der Waals surface area contributed by atoms with Crippen LogP contribution in [-0.4, -0.2) is 76.4 Å². The number of fused-ring (bicyclic) bond motifs is 1. The number of anilines is 3. The number of hydrogen-bond donors (Lipinski definition) is 2. The first-order valence-corrected chi connectivity index (χ1v) is 13.2. The molecule has 1 atom stereocenters. The minimum Gasteiger partial charge on any atom is -0.492 e. The van der Waals surface area contributed by atoms with E-state index < -0.39 is 0 Å². The molecular weight excluding hydrogens is 464 g/mol. The molecular formula is C28H34N8O. The van der Waals surface area contributed by atoms with Gasteiger partial charge in [-0.1, -0.05) is 18.2 Å². The molecule has 2 fully saturated rings. The van der Waals surface area contributed by atoms with Crippen molar-refractivity contribution >= 4 is 23.0 Å². The first kappa shape index (κ1) is 23.7. The van der Waals surface area contributed by atoms with Crippen LogP contribution in [0.1, 0.15) is 19.8 Å². The van der Waals surface area contributed by atoms with Crippen molar-refractivity contribution in [2.75, 3.05) is 56.1 Å². The molecule has 1 unspecified atom stereocenters. The maximum atomic E-state index is 6.10. The molecule has 0 radical (unpaired) electrons. The normalized spacial score (nSPS) is 18.4. The Morgan fingerprint density at radius 3 is 2.84 bits per heavy atom. The Kier molecular flexibility index (Phi) is 6.88. The zero-order chi connectivity index (χ0) is 25.0. The maximum absolute atomic E-state index is 6.10. The minimum atomic E-state index is 0.514. The van der Waals surface area contributed by atoms with E-state index >= 15 is 0 Å². The fourth-order valence-electron chi connectivity index (χ4n) is 5.19. The Bertz CT molecular complexity index is 1350. The summed E-state index contributed by atoms with van der Waals surface area (Å²) in [5, 5.41) is 11.7. The number of rotatable bonds is 8. The standard InChI is InChI=1S/C28H34N8O/c1-21-5-4-13-35(21)27-9-3-8-26(32-27)31-25-20-24(33-36-16-12-30-28(25)36)22-6-2-7-23(19-22)37-18-17-34-14-10-29-11-15-34/h2-3,6-9,12,16,19-21,29H,4-5,10-11,13-15,17-18H2,1H3,(H,31,32). The van der Waals surface area contributed by atoms with Gasteiger partial charge in [0.15, 0.2) is 5.65 Å². The second kappa shape index (κ2) is 10.7. The van der Waals surface area contributed by atoms with Crippen LogP contribution in [0.3, 0.4) is 0 Å². The van der Waals surface area contributed by atoms with Gasteiger partial charge in [0.1, 0.15) is 24.0 Å². The van der Waals surface area contributed by atoms with E-state index in [0.29, 0.717) is 12.6 Å². The Labute approximate surface area is 217 Å². The maximum Gasteiger partial charge on any atom is 0.177 e. The van der Waals surface area contributed by atoms with Crippen LogP contribution in [0.2, 0.25) is 0 Å². The number of nitrogens with zero attached hydrogens (tertiary/aromatic N) is 6. The summed E-state index contributed by atoms with van der Waals surface area (Å²) in [5.41, 5.74) is 3.45. The number of benzene rings is 1. The second-order valence-electron chi connectivity index (χ2n) is 9.80. The van der Waals surface area contributed by atoms with E-state index in [4.69, 9.17) is 14.8 Å². The number of nitrogens with one attached hydrogen (secondary N) is 2. The van der Waals surface area contributed by atoms with Crippen molar-refractivity contribution in [3.63, 3.8) is 0 Å². The number of ether oxygens (including phenoxy) is 1. The van der Waals surface area contributed by atoms with Crippen LogP contribution in [0.5, 0.6) is 5.75 Å². The number of pyridine rings is 1. The smallest absolute Gasteiger partial charge is 0.177 e. The van der Waals surface area contributed by atoms with Gasteiger partial charge in [-0.3, -0.25) is 4.90 Å². The van der Waals surface area contributed by atoms with E-state index in [2.05, 4.69) is 56.6 Å². The average molecular weight is 499 g/mol. The molecule has 9 nitrogen and oxygen atoms in total. The van der Waals surface area contributed by atoms with Gasteiger partial charge in [0.05, 0.1) is 11.4 Å². The van der Waals surface area contributed by atoms with Gasteiger partial charge < -0.3 is 20.3 Å². The van der Waals surface area contributed by atoms with Crippen LogP contribution in [-0.2, 0) is 0 Å². The van der Waals surface area contributed by atoms with Crippen molar-refractivity contribution in [3.05, 3.63) is 60.9 Å². The predicted molar refractivity (Wildman–Crippen MR) is 147 cm³/mol. The number of imidazole rings is 1. The van der Waals surface area contributed by atoms with Crippen molar-refractivity contribution in [3.8, 4) is 17.0 Å². The van der Waals surface area contributed by atoms with Crippen molar-refractivity contribution in [1.82, 2.24) is 29.8 Å². The highest BCUT2D eigenvalue weighted by Crippen LogP contribution is 2.29. The Morgan fingerprint density at radius 1 is 1.08 bits per heavy atom. The third kappa shape index (κ3) is 5.38. The Morgan fingerprint density at radius 2 is 1.97 bits per heavy atom. The summed E-state index contributed by atoms with van der Waals surface area (Å²) in [6.45, 7) is 9.15. The lowest BCUT2D eigenvalue weighted by Crippen LogP contribution is -2.44. The Balaban J connectivity index is 1.22. The molecule has 37 heavy (non-hydrogen) atoms. The molecule has 2 saturated heterocycles. The van der Waals surface area contributed by atoms with Gasteiger partial charge in [-0.2, -0.15) is 5.10 Å². The van der Waals surface area contributed by atoms with Gasteiger partial charge in [0, 0.05) is 63.3 Å². The molecule has 9 heteroatoms. The van der Waals surface area contributed by atoms with Crippen molar-refractivity contribution < 1.29 is 4.74 Å². The summed E-state index contributed by atoms with van der Waals surface area (Å²) < 4.78 is 7.91. The summed E-state index contributed by atoms with van der Waals surface area (Å²) in [4.78, 5) is 14.2. The molecule has 0 bridgehead atoms. The van der Waals surface area contributed by atoms with E-state index in [1.165, 1.54) is 12.8 Å². The fourth-order valence-corrected chi connectivity index (χ4v) is 5.19. The fraction of sp³-hybridized carbons (Fsp3) is 0.393.